The second-order valence-electron chi connectivity index (χ2n) is 7.57. The number of nitrogens with zero attached hydrogens (tertiary/aromatic N) is 3. The number of hydrogen-bond acceptors (Lipinski definition) is 5. The van der Waals surface area contributed by atoms with E-state index in [1.807, 2.05) is 53.1 Å². The summed E-state index contributed by atoms with van der Waals surface area (Å²) >= 11 is 1.35. The molecule has 7 nitrogen and oxygen atoms in total. The van der Waals surface area contributed by atoms with Crippen LogP contribution in [0.3, 0.4) is 0 Å². The van der Waals surface area contributed by atoms with E-state index in [0.29, 0.717) is 16.8 Å². The molecule has 0 unspecified atom stereocenters. The summed E-state index contributed by atoms with van der Waals surface area (Å²) < 4.78 is 2.00. The summed E-state index contributed by atoms with van der Waals surface area (Å²) in [4.78, 5) is 24.0. The Bertz CT molecular complexity index is 1110. The van der Waals surface area contributed by atoms with Crippen LogP contribution in [-0.2, 0) is 16.0 Å². The number of aromatic nitrogens is 3. The van der Waals surface area contributed by atoms with Gasteiger partial charge in [-0.2, -0.15) is 0 Å². The maximum absolute atomic E-state index is 12.5. The summed E-state index contributed by atoms with van der Waals surface area (Å²) in [5.74, 6) is 1.30. The van der Waals surface area contributed by atoms with Gasteiger partial charge in [-0.25, -0.2) is 0 Å². The smallest absolute Gasteiger partial charge is 0.234 e. The minimum Gasteiger partial charge on any atom is -0.326 e. The van der Waals surface area contributed by atoms with Gasteiger partial charge in [0.15, 0.2) is 5.16 Å². The van der Waals surface area contributed by atoms with E-state index >= 15 is 0 Å². The first-order chi connectivity index (χ1) is 15.0. The number of amides is 2. The highest BCUT2D eigenvalue weighted by Gasteiger charge is 2.31. The van der Waals surface area contributed by atoms with Crippen molar-refractivity contribution in [2.75, 3.05) is 16.4 Å². The summed E-state index contributed by atoms with van der Waals surface area (Å²) in [6.07, 6.45) is 3.09. The van der Waals surface area contributed by atoms with Gasteiger partial charge in [-0.3, -0.25) is 14.2 Å². The number of anilines is 2. The van der Waals surface area contributed by atoms with Crippen molar-refractivity contribution < 1.29 is 9.59 Å². The molecule has 31 heavy (non-hydrogen) atoms. The Morgan fingerprint density at radius 1 is 1.06 bits per heavy atom. The quantitative estimate of drug-likeness (QED) is 0.512. The van der Waals surface area contributed by atoms with Crippen LogP contribution in [0.1, 0.15) is 44.0 Å². The molecule has 1 aromatic heterocycles. The van der Waals surface area contributed by atoms with Gasteiger partial charge in [-0.1, -0.05) is 36.9 Å². The van der Waals surface area contributed by atoms with Crippen molar-refractivity contribution in [3.8, 4) is 5.69 Å². The van der Waals surface area contributed by atoms with Gasteiger partial charge in [-0.05, 0) is 55.2 Å². The Balaban J connectivity index is 1.51. The average Bonchev–Trinajstić information content (AvgIpc) is 3.51. The zero-order valence-electron chi connectivity index (χ0n) is 17.6. The van der Waals surface area contributed by atoms with Crippen LogP contribution in [0.5, 0.6) is 0 Å². The van der Waals surface area contributed by atoms with Crippen LogP contribution in [0.4, 0.5) is 11.4 Å². The van der Waals surface area contributed by atoms with Crippen LogP contribution in [0.15, 0.2) is 53.7 Å². The molecule has 8 heteroatoms. The van der Waals surface area contributed by atoms with Gasteiger partial charge in [0.25, 0.3) is 0 Å². The molecular weight excluding hydrogens is 410 g/mol. The van der Waals surface area contributed by atoms with Gasteiger partial charge in [-0.15, -0.1) is 10.2 Å². The first-order valence-electron chi connectivity index (χ1n) is 10.4. The third-order valence-electron chi connectivity index (χ3n) is 4.98. The molecule has 2 aromatic carbocycles. The predicted octanol–water partition coefficient (Wildman–Crippen LogP) is 4.40. The number of carbonyl (C=O) groups is 2. The van der Waals surface area contributed by atoms with Gasteiger partial charge in [0.05, 0.1) is 11.4 Å². The van der Waals surface area contributed by atoms with Crippen LogP contribution >= 0.6 is 11.8 Å². The van der Waals surface area contributed by atoms with E-state index in [2.05, 4.69) is 27.8 Å². The Hall–Kier alpha value is -3.13. The lowest BCUT2D eigenvalue weighted by Gasteiger charge is -2.12. The Morgan fingerprint density at radius 2 is 1.81 bits per heavy atom. The van der Waals surface area contributed by atoms with Crippen LogP contribution in [-0.4, -0.2) is 32.3 Å². The predicted molar refractivity (Wildman–Crippen MR) is 123 cm³/mol. The molecule has 1 saturated carbocycles. The number of hydrogen-bond donors (Lipinski definition) is 2. The highest BCUT2D eigenvalue weighted by molar-refractivity contribution is 7.99. The molecule has 0 saturated heterocycles. The third kappa shape index (κ3) is 5.32. The van der Waals surface area contributed by atoms with Crippen molar-refractivity contribution in [2.45, 2.75) is 44.2 Å². The van der Waals surface area contributed by atoms with E-state index in [0.717, 1.165) is 36.5 Å². The summed E-state index contributed by atoms with van der Waals surface area (Å²) in [6, 6.07) is 15.5. The maximum Gasteiger partial charge on any atom is 0.234 e. The van der Waals surface area contributed by atoms with Crippen molar-refractivity contribution in [1.29, 1.82) is 0 Å². The average molecular weight is 436 g/mol. The normalized spacial score (nSPS) is 13.1. The number of thioether (sulfide) groups is 1. The molecule has 1 aliphatic rings. The molecule has 0 atom stereocenters. The van der Waals surface area contributed by atoms with Gasteiger partial charge in [0.1, 0.15) is 5.82 Å². The Kier molecular flexibility index (Phi) is 6.36. The van der Waals surface area contributed by atoms with Gasteiger partial charge in [0, 0.05) is 24.2 Å². The highest BCUT2D eigenvalue weighted by Crippen LogP contribution is 2.41. The highest BCUT2D eigenvalue weighted by atomic mass is 32.2. The minimum atomic E-state index is -0.123. The largest absolute Gasteiger partial charge is 0.326 e. The monoisotopic (exact) mass is 435 g/mol. The zero-order valence-corrected chi connectivity index (χ0v) is 18.4. The van der Waals surface area contributed by atoms with Crippen LogP contribution < -0.4 is 10.6 Å². The molecule has 4 rings (SSSR count). The number of carbonyl (C=O) groups excluding carboxylic acids is 2. The second-order valence-corrected chi connectivity index (χ2v) is 8.52. The van der Waals surface area contributed by atoms with E-state index in [1.165, 1.54) is 24.2 Å². The summed E-state index contributed by atoms with van der Waals surface area (Å²) in [6.45, 7) is 3.57. The molecule has 1 heterocycles. The van der Waals surface area contributed by atoms with Gasteiger partial charge in [0.2, 0.25) is 11.8 Å². The lowest BCUT2D eigenvalue weighted by Crippen LogP contribution is -2.15. The summed E-state index contributed by atoms with van der Waals surface area (Å²) in [7, 11) is 0. The van der Waals surface area contributed by atoms with Crippen molar-refractivity contribution in [3.63, 3.8) is 0 Å². The fourth-order valence-corrected chi connectivity index (χ4v) is 4.10. The van der Waals surface area contributed by atoms with Gasteiger partial charge >= 0.3 is 0 Å². The number of nitrogens with one attached hydrogen (secondary N) is 2. The lowest BCUT2D eigenvalue weighted by atomic mass is 10.1. The lowest BCUT2D eigenvalue weighted by molar-refractivity contribution is -0.114. The maximum atomic E-state index is 12.5. The van der Waals surface area contributed by atoms with E-state index < -0.39 is 0 Å². The van der Waals surface area contributed by atoms with Crippen LogP contribution in [0.2, 0.25) is 0 Å². The summed E-state index contributed by atoms with van der Waals surface area (Å²) in [5, 5.41) is 15.2. The summed E-state index contributed by atoms with van der Waals surface area (Å²) in [5.41, 5.74) is 3.56. The van der Waals surface area contributed by atoms with Crippen molar-refractivity contribution in [2.24, 2.45) is 0 Å². The SMILES string of the molecule is CCc1cccc(NC(=O)CSc2nnc(C3CC3)n2-c2cccc(NC(C)=O)c2)c1. The van der Waals surface area contributed by atoms with Crippen molar-refractivity contribution >= 4 is 35.0 Å². The first kappa shape index (κ1) is 21.1. The zero-order chi connectivity index (χ0) is 21.8. The van der Waals surface area contributed by atoms with E-state index in [-0.39, 0.29) is 17.6 Å². The Labute approximate surface area is 185 Å². The van der Waals surface area contributed by atoms with Crippen molar-refractivity contribution in [3.05, 3.63) is 59.9 Å². The fraction of sp³-hybridized carbons (Fsp3) is 0.304. The van der Waals surface area contributed by atoms with Gasteiger partial charge < -0.3 is 10.6 Å². The topological polar surface area (TPSA) is 88.9 Å². The molecule has 2 N–H and O–H groups in total. The molecule has 3 aromatic rings. The molecule has 0 aliphatic heterocycles. The number of rotatable bonds is 8. The van der Waals surface area contributed by atoms with E-state index in [1.54, 1.807) is 0 Å². The Morgan fingerprint density at radius 3 is 2.52 bits per heavy atom. The van der Waals surface area contributed by atoms with Crippen molar-refractivity contribution in [1.82, 2.24) is 14.8 Å². The molecule has 0 radical (unpaired) electrons. The molecule has 2 amide bonds. The molecule has 0 bridgehead atoms. The van der Waals surface area contributed by atoms with E-state index in [4.69, 9.17) is 0 Å². The van der Waals surface area contributed by atoms with Crippen LogP contribution in [0.25, 0.3) is 5.69 Å². The second kappa shape index (κ2) is 9.34. The number of aryl methyl sites for hydroxylation is 1. The fourth-order valence-electron chi connectivity index (χ4n) is 3.35. The molecule has 1 aliphatic carbocycles. The standard InChI is InChI=1S/C23H25N5O2S/c1-3-16-6-4-7-18(12-16)25-21(30)14-31-23-27-26-22(17-10-11-17)28(23)20-9-5-8-19(13-20)24-15(2)29/h4-9,12-13,17H,3,10-11,14H2,1-2H3,(H,24,29)(H,25,30). The van der Waals surface area contributed by atoms with Crippen LogP contribution in [0, 0.1) is 0 Å². The molecule has 160 valence electrons. The number of benzene rings is 2. The third-order valence-corrected chi connectivity index (χ3v) is 5.91. The molecule has 0 spiro atoms. The molecule has 1 fully saturated rings. The molecular formula is C23H25N5O2S. The first-order valence-corrected chi connectivity index (χ1v) is 11.4. The minimum absolute atomic E-state index is 0.0900. The van der Waals surface area contributed by atoms with E-state index in [9.17, 15) is 9.59 Å².